The molecule has 2 heteroatoms. The van der Waals surface area contributed by atoms with E-state index in [1.807, 2.05) is 6.08 Å². The predicted molar refractivity (Wildman–Crippen MR) is 297 cm³/mol. The maximum Gasteiger partial charge on any atom is 0.0438 e. The molecule has 0 saturated carbocycles. The Morgan fingerprint density at radius 3 is 1.94 bits per heavy atom. The molecule has 6 aromatic rings. The van der Waals surface area contributed by atoms with Crippen molar-refractivity contribution in [1.82, 2.24) is 0 Å². The van der Waals surface area contributed by atoms with Crippen LogP contribution in [-0.4, -0.2) is 19.1 Å². The zero-order valence-electron chi connectivity index (χ0n) is 41.8. The van der Waals surface area contributed by atoms with Crippen molar-refractivity contribution < 1.29 is 0 Å². The van der Waals surface area contributed by atoms with Crippen molar-refractivity contribution in [3.63, 3.8) is 0 Å². The second-order valence-corrected chi connectivity index (χ2v) is 19.4. The third-order valence-corrected chi connectivity index (χ3v) is 14.2. The van der Waals surface area contributed by atoms with Crippen LogP contribution in [0.15, 0.2) is 217 Å². The van der Waals surface area contributed by atoms with Gasteiger partial charge < -0.3 is 9.80 Å². The standard InChI is InChI=1S/C66H70N2/c1-10-13-26-48(6)68(65(47(4)5)62-46-54-31-20-21-33-59(54)49(62)7)57-38-36-53(37-39-57)50(12-3)32-24-41-67(42-40-64-60(25-11-2)61-34-22-23-35-63(61)66(64,8)9)58-44-55(51-27-16-14-17-28-51)43-56(45-58)52-29-18-15-19-30-52/h11-12,14-25,27-40,43-45,48H,2,10,13,26,41-42,46H2,1,3-9H3/b32-24-,50-12+,60-25-,64-40+. The predicted octanol–water partition coefficient (Wildman–Crippen LogP) is 17.7. The van der Waals surface area contributed by atoms with Crippen LogP contribution >= 0.6 is 0 Å². The smallest absolute Gasteiger partial charge is 0.0438 e. The van der Waals surface area contributed by atoms with Gasteiger partial charge in [0.2, 0.25) is 0 Å². The fraction of sp³-hybridized carbons (Fsp3) is 0.242. The number of rotatable bonds is 17. The van der Waals surface area contributed by atoms with Crippen molar-refractivity contribution in [1.29, 1.82) is 0 Å². The molecule has 0 bridgehead atoms. The van der Waals surface area contributed by atoms with Crippen LogP contribution in [0.25, 0.3) is 39.0 Å². The molecule has 344 valence electrons. The van der Waals surface area contributed by atoms with Gasteiger partial charge in [-0.05, 0) is 149 Å². The number of benzene rings is 6. The Labute approximate surface area is 408 Å². The highest BCUT2D eigenvalue weighted by Crippen LogP contribution is 2.50. The Kier molecular flexibility index (Phi) is 15.0. The largest absolute Gasteiger partial charge is 0.364 e. The minimum absolute atomic E-state index is 0.147. The first-order chi connectivity index (χ1) is 33.0. The monoisotopic (exact) mass is 891 g/mol. The molecule has 2 nitrogen and oxygen atoms in total. The number of hydrogen-bond donors (Lipinski definition) is 0. The lowest BCUT2D eigenvalue weighted by Crippen LogP contribution is -2.34. The summed E-state index contributed by atoms with van der Waals surface area (Å²) < 4.78 is 0. The van der Waals surface area contributed by atoms with Crippen molar-refractivity contribution in [2.75, 3.05) is 22.9 Å². The molecule has 0 N–H and O–H groups in total. The van der Waals surface area contributed by atoms with E-state index < -0.39 is 0 Å². The molecule has 68 heavy (non-hydrogen) atoms. The molecule has 0 aromatic heterocycles. The fourth-order valence-electron chi connectivity index (χ4n) is 10.6. The molecule has 2 aliphatic rings. The SMILES string of the molecule is C=C/C=C1\C(=C/CN(C/C=C\C(=C/C)c2ccc(N(C(=C(C)C)C3=C(C)c4ccccc4C3)C(C)CCCC)cc2)c2cc(-c3ccccc3)cc(-c3ccccc3)c2)C(C)(C)c2ccccc21. The normalized spacial score (nSPS) is 15.7. The van der Waals surface area contributed by atoms with Crippen LogP contribution < -0.4 is 9.80 Å². The lowest BCUT2D eigenvalue weighted by molar-refractivity contribution is 0.588. The quantitative estimate of drug-likeness (QED) is 0.0842. The van der Waals surface area contributed by atoms with Gasteiger partial charge in [0.15, 0.2) is 0 Å². The third kappa shape index (κ3) is 10.0. The van der Waals surface area contributed by atoms with Gasteiger partial charge in [-0.2, -0.15) is 0 Å². The van der Waals surface area contributed by atoms with Crippen molar-refractivity contribution in [2.45, 2.75) is 92.5 Å². The summed E-state index contributed by atoms with van der Waals surface area (Å²) in [5.41, 5.74) is 23.2. The summed E-state index contributed by atoms with van der Waals surface area (Å²) in [6.07, 6.45) is 18.0. The molecule has 8 rings (SSSR count). The van der Waals surface area contributed by atoms with Crippen LogP contribution in [0.1, 0.15) is 102 Å². The van der Waals surface area contributed by atoms with Crippen LogP contribution in [0, 0.1) is 0 Å². The van der Waals surface area contributed by atoms with Crippen LogP contribution in [0.4, 0.5) is 11.4 Å². The van der Waals surface area contributed by atoms with E-state index in [9.17, 15) is 0 Å². The molecule has 1 unspecified atom stereocenters. The Morgan fingerprint density at radius 2 is 1.34 bits per heavy atom. The second kappa shape index (κ2) is 21.4. The first kappa shape index (κ1) is 47.6. The molecule has 0 spiro atoms. The minimum atomic E-state index is -0.147. The molecular weight excluding hydrogens is 821 g/mol. The van der Waals surface area contributed by atoms with Gasteiger partial charge in [0, 0.05) is 48.0 Å². The number of unbranched alkanes of at least 4 members (excludes halogenated alkanes) is 1. The zero-order chi connectivity index (χ0) is 47.8. The van der Waals surface area contributed by atoms with E-state index in [0.29, 0.717) is 6.04 Å². The number of hydrogen-bond acceptors (Lipinski definition) is 2. The van der Waals surface area contributed by atoms with E-state index >= 15 is 0 Å². The van der Waals surface area contributed by atoms with E-state index in [-0.39, 0.29) is 5.41 Å². The Balaban J connectivity index is 1.14. The Hall–Kier alpha value is -6.90. The molecule has 0 heterocycles. The summed E-state index contributed by atoms with van der Waals surface area (Å²) >= 11 is 0. The zero-order valence-corrected chi connectivity index (χ0v) is 41.8. The fourth-order valence-corrected chi connectivity index (χ4v) is 10.6. The van der Waals surface area contributed by atoms with E-state index in [1.165, 1.54) is 113 Å². The third-order valence-electron chi connectivity index (χ3n) is 14.2. The minimum Gasteiger partial charge on any atom is -0.364 e. The molecule has 0 fully saturated rings. The first-order valence-electron chi connectivity index (χ1n) is 24.9. The summed E-state index contributed by atoms with van der Waals surface area (Å²) in [6, 6.07) is 56.1. The maximum absolute atomic E-state index is 4.13. The van der Waals surface area contributed by atoms with E-state index in [2.05, 4.69) is 254 Å². The Bertz CT molecular complexity index is 2870. The first-order valence-corrected chi connectivity index (χ1v) is 24.9. The molecule has 0 saturated heterocycles. The van der Waals surface area contributed by atoms with Crippen LogP contribution in [-0.2, 0) is 11.8 Å². The lowest BCUT2D eigenvalue weighted by atomic mass is 9.82. The summed E-state index contributed by atoms with van der Waals surface area (Å²) in [4.78, 5) is 5.17. The molecule has 0 amide bonds. The van der Waals surface area contributed by atoms with Crippen molar-refractivity contribution >= 4 is 28.1 Å². The number of allylic oxidation sites excluding steroid dienone is 10. The second-order valence-electron chi connectivity index (χ2n) is 19.4. The van der Waals surface area contributed by atoms with E-state index in [4.69, 9.17) is 0 Å². The van der Waals surface area contributed by atoms with Gasteiger partial charge in [-0.1, -0.05) is 204 Å². The van der Waals surface area contributed by atoms with Gasteiger partial charge in [-0.3, -0.25) is 0 Å². The molecule has 0 radical (unpaired) electrons. The number of anilines is 2. The van der Waals surface area contributed by atoms with E-state index in [1.54, 1.807) is 0 Å². The molecular formula is C66H70N2. The molecule has 2 aliphatic carbocycles. The van der Waals surface area contributed by atoms with Gasteiger partial charge >= 0.3 is 0 Å². The lowest BCUT2D eigenvalue weighted by Gasteiger charge is -2.36. The average molecular weight is 891 g/mol. The molecule has 0 aliphatic heterocycles. The average Bonchev–Trinajstić information content (AvgIpc) is 3.80. The van der Waals surface area contributed by atoms with Crippen molar-refractivity contribution in [3.8, 4) is 22.3 Å². The molecule has 6 aromatic carbocycles. The topological polar surface area (TPSA) is 6.48 Å². The van der Waals surface area contributed by atoms with Gasteiger partial charge in [0.05, 0.1) is 0 Å². The van der Waals surface area contributed by atoms with Crippen LogP contribution in [0.2, 0.25) is 0 Å². The van der Waals surface area contributed by atoms with Crippen LogP contribution in [0.5, 0.6) is 0 Å². The highest BCUT2D eigenvalue weighted by Gasteiger charge is 2.37. The highest BCUT2D eigenvalue weighted by atomic mass is 15.2. The Morgan fingerprint density at radius 1 is 0.721 bits per heavy atom. The van der Waals surface area contributed by atoms with Crippen molar-refractivity contribution in [3.05, 3.63) is 245 Å². The van der Waals surface area contributed by atoms with Gasteiger partial charge in [0.1, 0.15) is 0 Å². The van der Waals surface area contributed by atoms with Gasteiger partial charge in [-0.15, -0.1) is 0 Å². The highest BCUT2D eigenvalue weighted by molar-refractivity contribution is 5.90. The van der Waals surface area contributed by atoms with Crippen molar-refractivity contribution in [2.24, 2.45) is 0 Å². The number of fused-ring (bicyclic) bond motifs is 2. The summed E-state index contributed by atoms with van der Waals surface area (Å²) in [6.45, 7) is 24.1. The maximum atomic E-state index is 4.13. The number of nitrogens with zero attached hydrogens (tertiary/aromatic N) is 2. The summed E-state index contributed by atoms with van der Waals surface area (Å²) in [7, 11) is 0. The summed E-state index contributed by atoms with van der Waals surface area (Å²) in [5.74, 6) is 0. The summed E-state index contributed by atoms with van der Waals surface area (Å²) in [5, 5.41) is 0. The van der Waals surface area contributed by atoms with E-state index in [0.717, 1.165) is 25.9 Å². The van der Waals surface area contributed by atoms with Gasteiger partial charge in [0.25, 0.3) is 0 Å². The van der Waals surface area contributed by atoms with Gasteiger partial charge in [-0.25, -0.2) is 0 Å². The molecule has 1 atom stereocenters. The van der Waals surface area contributed by atoms with Crippen LogP contribution in [0.3, 0.4) is 0 Å².